The van der Waals surface area contributed by atoms with Crippen LogP contribution in [0.2, 0.25) is 0 Å². The van der Waals surface area contributed by atoms with Gasteiger partial charge in [-0.3, -0.25) is 0 Å². The van der Waals surface area contributed by atoms with E-state index in [0.717, 1.165) is 28.9 Å². The lowest BCUT2D eigenvalue weighted by Crippen LogP contribution is -2.40. The molecule has 0 atom stereocenters. The monoisotopic (exact) mass is 301 g/mol. The summed E-state index contributed by atoms with van der Waals surface area (Å²) in [4.78, 5) is 0. The lowest BCUT2D eigenvalue weighted by molar-refractivity contribution is 0.116. The van der Waals surface area contributed by atoms with E-state index in [4.69, 9.17) is 4.74 Å². The number of nitrogens with one attached hydrogen (secondary N) is 1. The van der Waals surface area contributed by atoms with Crippen LogP contribution in [0.15, 0.2) is 22.7 Å². The fourth-order valence-corrected chi connectivity index (χ4v) is 2.83. The Morgan fingerprint density at radius 3 is 2.71 bits per heavy atom. The van der Waals surface area contributed by atoms with Crippen LogP contribution in [0.3, 0.4) is 0 Å². The maximum atomic E-state index is 14.5. The summed E-state index contributed by atoms with van der Waals surface area (Å²) in [6.45, 7) is 1.54. The van der Waals surface area contributed by atoms with Gasteiger partial charge in [0, 0.05) is 6.42 Å². The summed E-state index contributed by atoms with van der Waals surface area (Å²) in [5, 5.41) is 3.19. The number of piperidine rings is 1. The molecular formula is C13H17BrFNO. The van der Waals surface area contributed by atoms with Crippen molar-refractivity contribution in [1.82, 2.24) is 5.32 Å². The molecule has 1 aliphatic heterocycles. The third-order valence-corrected chi connectivity index (χ3v) is 3.86. The number of hydrogen-bond donors (Lipinski definition) is 1. The van der Waals surface area contributed by atoms with Gasteiger partial charge < -0.3 is 10.1 Å². The van der Waals surface area contributed by atoms with Crippen molar-refractivity contribution in [2.45, 2.75) is 24.9 Å². The minimum Gasteiger partial charge on any atom is -0.496 e. The van der Waals surface area contributed by atoms with E-state index in [1.807, 2.05) is 18.2 Å². The average molecular weight is 302 g/mol. The van der Waals surface area contributed by atoms with Crippen molar-refractivity contribution < 1.29 is 9.13 Å². The summed E-state index contributed by atoms with van der Waals surface area (Å²) < 4.78 is 20.5. The minimum absolute atomic E-state index is 0.483. The van der Waals surface area contributed by atoms with Gasteiger partial charge in [0.25, 0.3) is 0 Å². The summed E-state index contributed by atoms with van der Waals surface area (Å²) in [6.07, 6.45) is 1.67. The van der Waals surface area contributed by atoms with Gasteiger partial charge in [-0.2, -0.15) is 0 Å². The quantitative estimate of drug-likeness (QED) is 0.926. The molecule has 2 rings (SSSR count). The van der Waals surface area contributed by atoms with Crippen LogP contribution in [-0.4, -0.2) is 25.9 Å². The van der Waals surface area contributed by atoms with Crippen molar-refractivity contribution >= 4 is 15.9 Å². The molecule has 1 heterocycles. The average Bonchev–Trinajstić information content (AvgIpc) is 2.29. The molecule has 0 unspecified atom stereocenters. The second-order valence-electron chi connectivity index (χ2n) is 4.55. The summed E-state index contributed by atoms with van der Waals surface area (Å²) in [7, 11) is 1.63. The maximum absolute atomic E-state index is 14.5. The topological polar surface area (TPSA) is 21.3 Å². The fraction of sp³-hybridized carbons (Fsp3) is 0.538. The number of benzene rings is 1. The molecule has 17 heavy (non-hydrogen) atoms. The molecule has 1 saturated heterocycles. The maximum Gasteiger partial charge on any atom is 0.133 e. The second-order valence-corrected chi connectivity index (χ2v) is 5.40. The first kappa shape index (κ1) is 12.8. The summed E-state index contributed by atoms with van der Waals surface area (Å²) in [5.74, 6) is 0.784. The standard InChI is InChI=1S/C13H17BrFNO/c1-17-12-3-2-10(8-11(12)14)9-13(15)4-6-16-7-5-13/h2-3,8,16H,4-7,9H2,1H3. The van der Waals surface area contributed by atoms with Crippen LogP contribution < -0.4 is 10.1 Å². The summed E-state index contributed by atoms with van der Waals surface area (Å²) >= 11 is 3.43. The fourth-order valence-electron chi connectivity index (χ4n) is 2.24. The van der Waals surface area contributed by atoms with Gasteiger partial charge in [0.05, 0.1) is 11.6 Å². The Balaban J connectivity index is 2.10. The number of alkyl halides is 1. The number of halogens is 2. The van der Waals surface area contributed by atoms with Crippen LogP contribution in [0.1, 0.15) is 18.4 Å². The molecule has 0 saturated carbocycles. The molecule has 1 aromatic rings. The normalized spacial score (nSPS) is 19.0. The van der Waals surface area contributed by atoms with Crippen LogP contribution in [0.4, 0.5) is 4.39 Å². The van der Waals surface area contributed by atoms with E-state index < -0.39 is 5.67 Å². The van der Waals surface area contributed by atoms with E-state index in [2.05, 4.69) is 21.2 Å². The molecule has 94 valence electrons. The second kappa shape index (κ2) is 5.36. The highest BCUT2D eigenvalue weighted by Crippen LogP contribution is 2.31. The molecule has 1 fully saturated rings. The van der Waals surface area contributed by atoms with Crippen molar-refractivity contribution in [3.05, 3.63) is 28.2 Å². The Morgan fingerprint density at radius 2 is 2.12 bits per heavy atom. The van der Waals surface area contributed by atoms with Gasteiger partial charge in [-0.1, -0.05) is 6.07 Å². The summed E-state index contributed by atoms with van der Waals surface area (Å²) in [5.41, 5.74) is -0.0405. The first-order chi connectivity index (χ1) is 8.13. The van der Waals surface area contributed by atoms with Gasteiger partial charge in [0.1, 0.15) is 11.4 Å². The molecule has 4 heteroatoms. The zero-order valence-electron chi connectivity index (χ0n) is 9.93. The Morgan fingerprint density at radius 1 is 1.41 bits per heavy atom. The molecule has 0 bridgehead atoms. The van der Waals surface area contributed by atoms with E-state index in [1.165, 1.54) is 0 Å². The predicted octanol–water partition coefficient (Wildman–Crippen LogP) is 3.09. The van der Waals surface area contributed by atoms with Gasteiger partial charge in [0.2, 0.25) is 0 Å². The molecule has 1 N–H and O–H groups in total. The largest absolute Gasteiger partial charge is 0.496 e. The zero-order chi connectivity index (χ0) is 12.3. The van der Waals surface area contributed by atoms with E-state index in [9.17, 15) is 4.39 Å². The lowest BCUT2D eigenvalue weighted by Gasteiger charge is -2.30. The third-order valence-electron chi connectivity index (χ3n) is 3.24. The van der Waals surface area contributed by atoms with Gasteiger partial charge in [0.15, 0.2) is 0 Å². The number of ether oxygens (including phenoxy) is 1. The highest BCUT2D eigenvalue weighted by molar-refractivity contribution is 9.10. The Labute approximate surface area is 110 Å². The Kier molecular flexibility index (Phi) is 4.05. The van der Waals surface area contributed by atoms with E-state index in [0.29, 0.717) is 19.3 Å². The lowest BCUT2D eigenvalue weighted by atomic mass is 9.88. The van der Waals surface area contributed by atoms with Crippen molar-refractivity contribution in [2.24, 2.45) is 0 Å². The molecule has 2 nitrogen and oxygen atoms in total. The zero-order valence-corrected chi connectivity index (χ0v) is 11.5. The predicted molar refractivity (Wildman–Crippen MR) is 70.3 cm³/mol. The molecule has 1 aliphatic rings. The first-order valence-electron chi connectivity index (χ1n) is 5.85. The molecule has 0 amide bonds. The molecule has 0 aliphatic carbocycles. The van der Waals surface area contributed by atoms with Gasteiger partial charge >= 0.3 is 0 Å². The van der Waals surface area contributed by atoms with Crippen molar-refractivity contribution in [3.8, 4) is 5.75 Å². The van der Waals surface area contributed by atoms with Crippen LogP contribution >= 0.6 is 15.9 Å². The van der Waals surface area contributed by atoms with E-state index in [1.54, 1.807) is 7.11 Å². The van der Waals surface area contributed by atoms with Crippen LogP contribution in [-0.2, 0) is 6.42 Å². The highest BCUT2D eigenvalue weighted by atomic mass is 79.9. The number of methoxy groups -OCH3 is 1. The van der Waals surface area contributed by atoms with Crippen molar-refractivity contribution in [1.29, 1.82) is 0 Å². The Bertz CT molecular complexity index is 391. The van der Waals surface area contributed by atoms with E-state index >= 15 is 0 Å². The van der Waals surface area contributed by atoms with Crippen LogP contribution in [0.25, 0.3) is 0 Å². The van der Waals surface area contributed by atoms with Crippen LogP contribution in [0, 0.1) is 0 Å². The van der Waals surface area contributed by atoms with Gasteiger partial charge in [-0.15, -0.1) is 0 Å². The van der Waals surface area contributed by atoms with Crippen LogP contribution in [0.5, 0.6) is 5.75 Å². The van der Waals surface area contributed by atoms with Crippen molar-refractivity contribution in [2.75, 3.05) is 20.2 Å². The van der Waals surface area contributed by atoms with E-state index in [-0.39, 0.29) is 0 Å². The SMILES string of the molecule is COc1ccc(CC2(F)CCNCC2)cc1Br. The van der Waals surface area contributed by atoms with Crippen molar-refractivity contribution in [3.63, 3.8) is 0 Å². The first-order valence-corrected chi connectivity index (χ1v) is 6.64. The summed E-state index contributed by atoms with van der Waals surface area (Å²) in [6, 6.07) is 5.76. The number of rotatable bonds is 3. The smallest absolute Gasteiger partial charge is 0.133 e. The minimum atomic E-state index is -1.06. The molecule has 0 aromatic heterocycles. The molecule has 0 radical (unpaired) electrons. The van der Waals surface area contributed by atoms with Gasteiger partial charge in [-0.25, -0.2) is 4.39 Å². The molecular weight excluding hydrogens is 285 g/mol. The molecule has 0 spiro atoms. The van der Waals surface area contributed by atoms with Gasteiger partial charge in [-0.05, 0) is 59.6 Å². The third kappa shape index (κ3) is 3.19. The molecule has 1 aromatic carbocycles. The number of hydrogen-bond acceptors (Lipinski definition) is 2. The Hall–Kier alpha value is -0.610. The highest BCUT2D eigenvalue weighted by Gasteiger charge is 2.31.